The Kier molecular flexibility index (Phi) is 12.9. The molecule has 0 aliphatic heterocycles. The van der Waals surface area contributed by atoms with Gasteiger partial charge in [-0.05, 0) is 47.8 Å². The topological polar surface area (TPSA) is 207 Å². The first-order valence-electron chi connectivity index (χ1n) is 11.9. The first-order valence-corrected chi connectivity index (χ1v) is 14.5. The van der Waals surface area contributed by atoms with Crippen molar-refractivity contribution in [2.24, 2.45) is 4.52 Å². The van der Waals surface area contributed by atoms with Crippen LogP contribution in [0.15, 0.2) is 106 Å². The molecular weight excluding hydrogens is 630 g/mol. The van der Waals surface area contributed by atoms with Crippen LogP contribution in [0.25, 0.3) is 10.4 Å². The largest absolute Gasteiger partial charge is 0.399 e. The molecule has 0 atom stereocenters. The van der Waals surface area contributed by atoms with Gasteiger partial charge in [0.1, 0.15) is 0 Å². The third kappa shape index (κ3) is 11.3. The van der Waals surface area contributed by atoms with E-state index in [9.17, 15) is 28.6 Å². The van der Waals surface area contributed by atoms with Gasteiger partial charge in [0.05, 0.1) is 14.7 Å². The zero-order chi connectivity index (χ0) is 31.1. The second-order valence-corrected chi connectivity index (χ2v) is 10.6. The molecule has 0 unspecified atom stereocenters. The normalized spacial score (nSPS) is 10.0. The van der Waals surface area contributed by atoms with Gasteiger partial charge in [0.15, 0.2) is 0 Å². The number of hydrogen-bond acceptors (Lipinski definition) is 8. The number of rotatable bonds is 8. The van der Waals surface area contributed by atoms with Crippen LogP contribution in [0.1, 0.15) is 16.7 Å². The van der Waals surface area contributed by atoms with Crippen LogP contribution in [0.3, 0.4) is 0 Å². The maximum absolute atomic E-state index is 11.2. The van der Waals surface area contributed by atoms with E-state index < -0.39 is 19.9 Å². The highest BCUT2D eigenvalue weighted by atomic mass is 79.9. The van der Waals surface area contributed by atoms with E-state index in [4.69, 9.17) is 11.3 Å². The fraction of sp³-hybridized carbons (Fsp3) is 0.111. The number of halogens is 1. The van der Waals surface area contributed by atoms with E-state index >= 15 is 0 Å². The van der Waals surface area contributed by atoms with Crippen LogP contribution in [0.2, 0.25) is 0 Å². The zero-order valence-electron chi connectivity index (χ0n) is 22.2. The summed E-state index contributed by atoms with van der Waals surface area (Å²) in [6, 6.07) is 26.7. The van der Waals surface area contributed by atoms with Gasteiger partial charge in [-0.25, -0.2) is 8.42 Å². The molecule has 0 aliphatic rings. The molecule has 4 aromatic rings. The van der Waals surface area contributed by atoms with Gasteiger partial charge >= 0.3 is 0 Å². The molecule has 0 spiro atoms. The zero-order valence-corrected chi connectivity index (χ0v) is 24.6. The highest BCUT2D eigenvalue weighted by Crippen LogP contribution is 2.18. The van der Waals surface area contributed by atoms with E-state index in [1.165, 1.54) is 42.0 Å². The van der Waals surface area contributed by atoms with Gasteiger partial charge in [-0.3, -0.25) is 20.2 Å². The number of nitrogen functional groups attached to an aromatic ring is 1. The molecule has 0 heterocycles. The van der Waals surface area contributed by atoms with Crippen LogP contribution in [0.5, 0.6) is 0 Å². The van der Waals surface area contributed by atoms with E-state index in [-0.39, 0.29) is 16.3 Å². The number of hydrogen-bond donors (Lipinski definition) is 2. The molecule has 0 saturated carbocycles. The molecule has 0 bridgehead atoms. The second kappa shape index (κ2) is 16.3. The Morgan fingerprint density at radius 2 is 1.43 bits per heavy atom. The molecule has 0 radical (unpaired) electrons. The van der Waals surface area contributed by atoms with E-state index in [2.05, 4.69) is 30.7 Å². The van der Waals surface area contributed by atoms with Crippen molar-refractivity contribution in [3.63, 3.8) is 0 Å². The summed E-state index contributed by atoms with van der Waals surface area (Å²) in [5.74, 6) is 0. The summed E-state index contributed by atoms with van der Waals surface area (Å²) in [5.41, 5.74) is 17.9. The number of sulfonamides is 1. The van der Waals surface area contributed by atoms with E-state index in [1.54, 1.807) is 30.3 Å². The number of nitro benzene ring substituents is 2. The lowest BCUT2D eigenvalue weighted by molar-refractivity contribution is -0.385. The van der Waals surface area contributed by atoms with Crippen LogP contribution >= 0.6 is 15.9 Å². The fourth-order valence-corrected chi connectivity index (χ4v) is 4.17. The Morgan fingerprint density at radius 1 is 0.881 bits per heavy atom. The van der Waals surface area contributed by atoms with Crippen molar-refractivity contribution < 1.29 is 18.3 Å². The van der Waals surface area contributed by atoms with Crippen LogP contribution in [-0.2, 0) is 21.9 Å². The highest BCUT2D eigenvalue weighted by molar-refractivity contribution is 9.08. The van der Waals surface area contributed by atoms with Crippen molar-refractivity contribution >= 4 is 48.7 Å². The SMILES string of the molecule is Cc1ccc(CNc2cccc([N+](=O)[O-])c2)cc1.Nc1cccc([N+](=O)[O-])c1.[N-]=[N+]=NS(=O)(=O)c1ccc(CBr)cc1. The molecule has 4 rings (SSSR count). The summed E-state index contributed by atoms with van der Waals surface area (Å²) in [7, 11) is -3.84. The number of nitrogens with two attached hydrogens (primary N) is 1. The average molecular weight is 657 g/mol. The van der Waals surface area contributed by atoms with Gasteiger partial charge < -0.3 is 11.1 Å². The number of azide groups is 1. The summed E-state index contributed by atoms with van der Waals surface area (Å²) in [4.78, 5) is 22.1. The van der Waals surface area contributed by atoms with Crippen molar-refractivity contribution in [2.75, 3.05) is 11.1 Å². The molecule has 13 nitrogen and oxygen atoms in total. The smallest absolute Gasteiger partial charge is 0.271 e. The first kappa shape index (κ1) is 33.2. The first-order chi connectivity index (χ1) is 19.9. The van der Waals surface area contributed by atoms with Crippen molar-refractivity contribution in [1.82, 2.24) is 0 Å². The predicted molar refractivity (Wildman–Crippen MR) is 165 cm³/mol. The minimum Gasteiger partial charge on any atom is -0.399 e. The second-order valence-electron chi connectivity index (χ2n) is 8.42. The Bertz CT molecular complexity index is 1660. The maximum atomic E-state index is 11.2. The molecule has 0 saturated heterocycles. The average Bonchev–Trinajstić information content (AvgIpc) is 2.98. The molecule has 0 fully saturated rings. The molecule has 15 heteroatoms. The minimum atomic E-state index is -3.84. The number of nitro groups is 2. The summed E-state index contributed by atoms with van der Waals surface area (Å²) in [6.07, 6.45) is 0. The molecule has 218 valence electrons. The number of nitrogens with one attached hydrogen (secondary N) is 1. The Labute approximate surface area is 250 Å². The minimum absolute atomic E-state index is 0.000000000000000444. The number of aryl methyl sites for hydroxylation is 1. The Balaban J connectivity index is 0.000000230. The van der Waals surface area contributed by atoms with E-state index in [0.29, 0.717) is 17.6 Å². The van der Waals surface area contributed by atoms with Crippen LogP contribution in [0.4, 0.5) is 22.7 Å². The van der Waals surface area contributed by atoms with Crippen molar-refractivity contribution in [3.8, 4) is 0 Å². The summed E-state index contributed by atoms with van der Waals surface area (Å²) in [5, 5.41) is 24.6. The lowest BCUT2D eigenvalue weighted by Crippen LogP contribution is -1.99. The number of nitrogens with zero attached hydrogens (tertiary/aromatic N) is 5. The molecule has 0 aliphatic carbocycles. The van der Waals surface area contributed by atoms with Gasteiger partial charge in [-0.15, -0.1) is 0 Å². The number of alkyl halides is 1. The van der Waals surface area contributed by atoms with Crippen LogP contribution < -0.4 is 11.1 Å². The van der Waals surface area contributed by atoms with Gasteiger partial charge in [0.25, 0.3) is 21.4 Å². The molecule has 0 amide bonds. The van der Waals surface area contributed by atoms with Gasteiger partial charge in [0.2, 0.25) is 0 Å². The molecule has 4 aromatic carbocycles. The molecule has 3 N–H and O–H groups in total. The van der Waals surface area contributed by atoms with Crippen molar-refractivity contribution in [1.29, 1.82) is 0 Å². The molecular formula is C27H26BrN7O6S. The predicted octanol–water partition coefficient (Wildman–Crippen LogP) is 7.27. The number of non-ortho nitro benzene ring substituents is 2. The number of benzene rings is 4. The lowest BCUT2D eigenvalue weighted by atomic mass is 10.1. The summed E-state index contributed by atoms with van der Waals surface area (Å²) < 4.78 is 25.1. The Morgan fingerprint density at radius 3 is 1.93 bits per heavy atom. The number of anilines is 2. The highest BCUT2D eigenvalue weighted by Gasteiger charge is 2.10. The monoisotopic (exact) mass is 655 g/mol. The van der Waals surface area contributed by atoms with Gasteiger partial charge in [-0.2, -0.15) is 0 Å². The molecule has 42 heavy (non-hydrogen) atoms. The third-order valence-electron chi connectivity index (χ3n) is 5.27. The van der Waals surface area contributed by atoms with Gasteiger partial charge in [-0.1, -0.05) is 70.0 Å². The van der Waals surface area contributed by atoms with Gasteiger partial charge in [0, 0.05) is 56.9 Å². The third-order valence-corrected chi connectivity index (χ3v) is 7.08. The van der Waals surface area contributed by atoms with Crippen molar-refractivity contribution in [3.05, 3.63) is 144 Å². The van der Waals surface area contributed by atoms with E-state index in [0.717, 1.165) is 16.8 Å². The quantitative estimate of drug-likeness (QED) is 0.0374. The van der Waals surface area contributed by atoms with E-state index in [1.807, 2.05) is 37.3 Å². The molecule has 0 aromatic heterocycles. The fourth-order valence-electron chi connectivity index (χ4n) is 3.12. The van der Waals surface area contributed by atoms with Crippen LogP contribution in [0, 0.1) is 27.2 Å². The summed E-state index contributed by atoms with van der Waals surface area (Å²) in [6.45, 7) is 2.69. The maximum Gasteiger partial charge on any atom is 0.271 e. The Hall–Kier alpha value is -4.98. The lowest BCUT2D eigenvalue weighted by Gasteiger charge is -2.06. The van der Waals surface area contributed by atoms with Crippen molar-refractivity contribution in [2.45, 2.75) is 23.7 Å². The summed E-state index contributed by atoms with van der Waals surface area (Å²) >= 11 is 3.23. The standard InChI is InChI=1S/C14H14N2O2.C7H6BrN3O2S.C6H6N2O2/c1-11-5-7-12(8-6-11)10-15-13-3-2-4-14(9-13)16(17)18;8-5-6-1-3-7(4-2-6)14(12,13)11-10-9;7-5-2-1-3-6(4-5)8(9)10/h2-9,15H,10H2,1H3;1-4H,5H2;1-4H,7H2. The van der Waals surface area contributed by atoms with Crippen LogP contribution in [-0.4, -0.2) is 18.3 Å².